The molecule has 1 heterocycles. The van der Waals surface area contributed by atoms with Crippen LogP contribution in [0.3, 0.4) is 0 Å². The zero-order chi connectivity index (χ0) is 10.4. The summed E-state index contributed by atoms with van der Waals surface area (Å²) in [5.41, 5.74) is 3.39. The van der Waals surface area contributed by atoms with Crippen molar-refractivity contribution in [2.24, 2.45) is 0 Å². The molecule has 0 aliphatic carbocycles. The molecule has 0 N–H and O–H groups in total. The van der Waals surface area contributed by atoms with Crippen LogP contribution >= 0.6 is 15.9 Å². The van der Waals surface area contributed by atoms with E-state index in [1.54, 1.807) is 6.20 Å². The van der Waals surface area contributed by atoms with Crippen LogP contribution in [0.4, 0.5) is 0 Å². The summed E-state index contributed by atoms with van der Waals surface area (Å²) in [6.45, 7) is 3.76. The van der Waals surface area contributed by atoms with Gasteiger partial charge in [0.1, 0.15) is 0 Å². The zero-order valence-corrected chi connectivity index (χ0v) is 11.9. The van der Waals surface area contributed by atoms with Crippen LogP contribution in [-0.4, -0.2) is 27.3 Å². The predicted molar refractivity (Wildman–Crippen MR) is 62.6 cm³/mol. The van der Waals surface area contributed by atoms with Crippen LogP contribution in [0.25, 0.3) is 0 Å². The van der Waals surface area contributed by atoms with Gasteiger partial charge in [-0.2, -0.15) is 0 Å². The van der Waals surface area contributed by atoms with Crippen molar-refractivity contribution < 1.29 is 4.74 Å². The first-order valence-corrected chi connectivity index (χ1v) is 8.24. The number of halogens is 1. The van der Waals surface area contributed by atoms with E-state index in [0.29, 0.717) is 22.4 Å². The molecule has 1 radical (unpaired) electrons. The monoisotopic (exact) mass is 318 g/mol. The second kappa shape index (κ2) is 6.60. The molecule has 77 valence electrons. The molecule has 1 rings (SSSR count). The van der Waals surface area contributed by atoms with E-state index in [1.165, 1.54) is 0 Å². The topological polar surface area (TPSA) is 22.1 Å². The van der Waals surface area contributed by atoms with Crippen molar-refractivity contribution in [3.05, 3.63) is 28.5 Å². The number of nitrogens with zero attached hydrogens (tertiary/aromatic N) is 1. The SMILES string of the molecule is C[As]C(C)COCc1cncc(Br)c1. The molecule has 1 atom stereocenters. The minimum atomic E-state index is 0.432. The Labute approximate surface area is 100 Å². The summed E-state index contributed by atoms with van der Waals surface area (Å²) in [6, 6.07) is 2.04. The van der Waals surface area contributed by atoms with Gasteiger partial charge in [0.2, 0.25) is 0 Å². The summed E-state index contributed by atoms with van der Waals surface area (Å²) in [5.74, 6) is 0. The second-order valence-corrected chi connectivity index (χ2v) is 6.98. The van der Waals surface area contributed by atoms with Gasteiger partial charge in [0.15, 0.2) is 0 Å². The summed E-state index contributed by atoms with van der Waals surface area (Å²) in [4.78, 5) is 4.08. The van der Waals surface area contributed by atoms with Crippen molar-refractivity contribution in [1.29, 1.82) is 0 Å². The van der Waals surface area contributed by atoms with Crippen LogP contribution < -0.4 is 0 Å². The van der Waals surface area contributed by atoms with E-state index in [-0.39, 0.29) is 0 Å². The Hall–Kier alpha value is 0.148. The van der Waals surface area contributed by atoms with E-state index in [2.05, 4.69) is 33.5 Å². The number of hydrogen-bond acceptors (Lipinski definition) is 2. The first kappa shape index (κ1) is 12.2. The Morgan fingerprint density at radius 2 is 2.36 bits per heavy atom. The maximum atomic E-state index is 5.59. The third-order valence-electron chi connectivity index (χ3n) is 1.83. The fraction of sp³-hybridized carbons (Fsp3) is 0.500. The zero-order valence-electron chi connectivity index (χ0n) is 8.40. The Morgan fingerprint density at radius 3 is 3.00 bits per heavy atom. The van der Waals surface area contributed by atoms with E-state index in [0.717, 1.165) is 21.3 Å². The van der Waals surface area contributed by atoms with Gasteiger partial charge in [-0.05, 0) is 0 Å². The molecule has 4 heteroatoms. The van der Waals surface area contributed by atoms with Crippen molar-refractivity contribution >= 4 is 31.7 Å². The first-order chi connectivity index (χ1) is 6.72. The van der Waals surface area contributed by atoms with Gasteiger partial charge in [-0.15, -0.1) is 0 Å². The first-order valence-electron chi connectivity index (χ1n) is 4.48. The van der Waals surface area contributed by atoms with Crippen LogP contribution in [0.1, 0.15) is 12.5 Å². The molecule has 0 aliphatic heterocycles. The average molecular weight is 319 g/mol. The van der Waals surface area contributed by atoms with Crippen molar-refractivity contribution in [3.8, 4) is 0 Å². The Balaban J connectivity index is 2.31. The predicted octanol–water partition coefficient (Wildman–Crippen LogP) is 2.92. The molecular formula is C10H14AsBrNO. The molecule has 1 unspecified atom stereocenters. The molecular weight excluding hydrogens is 305 g/mol. The summed E-state index contributed by atoms with van der Waals surface area (Å²) in [5, 5.41) is 0. The Bertz CT molecular complexity index is 283. The van der Waals surface area contributed by atoms with Crippen molar-refractivity contribution in [2.75, 3.05) is 6.61 Å². The number of rotatable bonds is 5. The molecule has 0 amide bonds. The molecule has 0 fully saturated rings. The number of pyridine rings is 1. The van der Waals surface area contributed by atoms with Crippen LogP contribution in [0.2, 0.25) is 10.4 Å². The summed E-state index contributed by atoms with van der Waals surface area (Å²) in [7, 11) is 0. The van der Waals surface area contributed by atoms with Crippen LogP contribution in [0.5, 0.6) is 0 Å². The second-order valence-electron chi connectivity index (χ2n) is 3.13. The number of aromatic nitrogens is 1. The van der Waals surface area contributed by atoms with Gasteiger partial charge in [-0.25, -0.2) is 0 Å². The quantitative estimate of drug-likeness (QED) is 0.779. The molecule has 0 saturated heterocycles. The van der Waals surface area contributed by atoms with Gasteiger partial charge in [-0.3, -0.25) is 0 Å². The minimum absolute atomic E-state index is 0.432. The van der Waals surface area contributed by atoms with Gasteiger partial charge in [0, 0.05) is 0 Å². The molecule has 0 bridgehead atoms. The van der Waals surface area contributed by atoms with E-state index in [4.69, 9.17) is 4.74 Å². The summed E-state index contributed by atoms with van der Waals surface area (Å²) in [6.07, 6.45) is 3.62. The fourth-order valence-corrected chi connectivity index (χ4v) is 1.90. The van der Waals surface area contributed by atoms with Crippen molar-refractivity contribution in [3.63, 3.8) is 0 Å². The Morgan fingerprint density at radius 1 is 1.57 bits per heavy atom. The standard InChI is InChI=1S/C10H14AsBrNO/c1-8(11-2)6-14-7-9-3-10(12)5-13-4-9/h3-5,8H,6-7H2,1-2H3. The van der Waals surface area contributed by atoms with Crippen LogP contribution in [0, 0.1) is 0 Å². The van der Waals surface area contributed by atoms with Gasteiger partial charge < -0.3 is 0 Å². The van der Waals surface area contributed by atoms with Gasteiger partial charge in [0.05, 0.1) is 0 Å². The molecule has 0 spiro atoms. The molecule has 2 nitrogen and oxygen atoms in total. The van der Waals surface area contributed by atoms with E-state index >= 15 is 0 Å². The third-order valence-corrected chi connectivity index (χ3v) is 4.43. The maximum absolute atomic E-state index is 5.59. The normalized spacial score (nSPS) is 13.6. The average Bonchev–Trinajstić information content (AvgIpc) is 2.17. The van der Waals surface area contributed by atoms with Crippen LogP contribution in [0.15, 0.2) is 22.9 Å². The van der Waals surface area contributed by atoms with Crippen molar-refractivity contribution in [1.82, 2.24) is 4.98 Å². The van der Waals surface area contributed by atoms with Crippen LogP contribution in [-0.2, 0) is 11.3 Å². The van der Waals surface area contributed by atoms with Gasteiger partial charge in [-0.1, -0.05) is 0 Å². The van der Waals surface area contributed by atoms with E-state index in [1.807, 2.05) is 12.3 Å². The fourth-order valence-electron chi connectivity index (χ4n) is 0.957. The summed E-state index contributed by atoms with van der Waals surface area (Å²) >= 11 is 3.82. The van der Waals surface area contributed by atoms with Crippen molar-refractivity contribution in [2.45, 2.75) is 23.9 Å². The number of ether oxygens (including phenoxy) is 1. The van der Waals surface area contributed by atoms with E-state index in [9.17, 15) is 0 Å². The molecule has 0 aliphatic rings. The molecule has 0 saturated carbocycles. The van der Waals surface area contributed by atoms with Gasteiger partial charge in [0.25, 0.3) is 0 Å². The third kappa shape index (κ3) is 4.58. The summed E-state index contributed by atoms with van der Waals surface area (Å²) < 4.78 is 7.33. The molecule has 14 heavy (non-hydrogen) atoms. The molecule has 1 aromatic rings. The molecule has 1 aromatic heterocycles. The Kier molecular flexibility index (Phi) is 5.76. The number of hydrogen-bond donors (Lipinski definition) is 0. The van der Waals surface area contributed by atoms with Gasteiger partial charge >= 0.3 is 100 Å². The van der Waals surface area contributed by atoms with E-state index < -0.39 is 0 Å². The molecule has 0 aromatic carbocycles.